The summed E-state index contributed by atoms with van der Waals surface area (Å²) in [5.41, 5.74) is 1.07. The van der Waals surface area contributed by atoms with Crippen molar-refractivity contribution in [3.05, 3.63) is 66.2 Å². The summed E-state index contributed by atoms with van der Waals surface area (Å²) in [7, 11) is 0. The first-order valence-corrected chi connectivity index (χ1v) is 8.31. The van der Waals surface area contributed by atoms with E-state index in [1.54, 1.807) is 0 Å². The zero-order valence-corrected chi connectivity index (χ0v) is 13.3. The van der Waals surface area contributed by atoms with Gasteiger partial charge in [0.25, 0.3) is 0 Å². The van der Waals surface area contributed by atoms with Crippen molar-refractivity contribution in [1.82, 2.24) is 5.32 Å². The predicted molar refractivity (Wildman–Crippen MR) is 89.7 cm³/mol. The molecule has 2 aromatic carbocycles. The van der Waals surface area contributed by atoms with Gasteiger partial charge >= 0.3 is 0 Å². The molecule has 0 fully saturated rings. The van der Waals surface area contributed by atoms with Crippen molar-refractivity contribution >= 4 is 23.4 Å². The summed E-state index contributed by atoms with van der Waals surface area (Å²) in [6, 6.07) is 20.9. The van der Waals surface area contributed by atoms with E-state index in [4.69, 9.17) is 11.6 Å². The zero-order chi connectivity index (χ0) is 14.3. The highest BCUT2D eigenvalue weighted by Gasteiger charge is 2.24. The van der Waals surface area contributed by atoms with Crippen LogP contribution in [-0.2, 0) is 5.54 Å². The van der Waals surface area contributed by atoms with Gasteiger partial charge in [-0.2, -0.15) is 0 Å². The lowest BCUT2D eigenvalue weighted by Crippen LogP contribution is -2.42. The largest absolute Gasteiger partial charge is 0.306 e. The van der Waals surface area contributed by atoms with Crippen LogP contribution in [0.5, 0.6) is 0 Å². The summed E-state index contributed by atoms with van der Waals surface area (Å²) in [5.74, 6) is 1.59. The molecule has 1 atom stereocenters. The first-order valence-electron chi connectivity index (χ1n) is 6.79. The molecule has 1 unspecified atom stereocenters. The third-order valence-electron chi connectivity index (χ3n) is 3.31. The molecule has 0 saturated heterocycles. The topological polar surface area (TPSA) is 12.0 Å². The highest BCUT2D eigenvalue weighted by Crippen LogP contribution is 2.22. The fourth-order valence-corrected chi connectivity index (χ4v) is 3.08. The van der Waals surface area contributed by atoms with Crippen molar-refractivity contribution in [2.75, 3.05) is 18.2 Å². The molecule has 0 amide bonds. The second kappa shape index (κ2) is 7.72. The SMILES string of the molecule is CC(CCl)(NCCSc1ccccc1)c1ccccc1. The smallest absolute Gasteiger partial charge is 0.0543 e. The van der Waals surface area contributed by atoms with Crippen LogP contribution < -0.4 is 5.32 Å². The van der Waals surface area contributed by atoms with Crippen LogP contribution >= 0.6 is 23.4 Å². The van der Waals surface area contributed by atoms with E-state index < -0.39 is 0 Å². The molecule has 2 aromatic rings. The first kappa shape index (κ1) is 15.4. The molecule has 0 heterocycles. The van der Waals surface area contributed by atoms with Crippen LogP contribution in [0.2, 0.25) is 0 Å². The van der Waals surface area contributed by atoms with Crippen molar-refractivity contribution in [1.29, 1.82) is 0 Å². The third kappa shape index (κ3) is 4.27. The lowest BCUT2D eigenvalue weighted by Gasteiger charge is -2.29. The van der Waals surface area contributed by atoms with Gasteiger partial charge in [0.1, 0.15) is 0 Å². The summed E-state index contributed by atoms with van der Waals surface area (Å²) in [6.07, 6.45) is 0. The summed E-state index contributed by atoms with van der Waals surface area (Å²) in [6.45, 7) is 3.08. The van der Waals surface area contributed by atoms with Crippen molar-refractivity contribution in [2.45, 2.75) is 17.4 Å². The Morgan fingerprint density at radius 3 is 2.20 bits per heavy atom. The Balaban J connectivity index is 1.85. The number of nitrogens with one attached hydrogen (secondary N) is 1. The molecule has 0 aliphatic rings. The van der Waals surface area contributed by atoms with E-state index in [0.29, 0.717) is 5.88 Å². The van der Waals surface area contributed by atoms with E-state index in [9.17, 15) is 0 Å². The van der Waals surface area contributed by atoms with Crippen LogP contribution in [0.3, 0.4) is 0 Å². The Morgan fingerprint density at radius 2 is 1.60 bits per heavy atom. The van der Waals surface area contributed by atoms with Crippen molar-refractivity contribution in [3.63, 3.8) is 0 Å². The maximum atomic E-state index is 6.17. The number of rotatable bonds is 7. The Kier molecular flexibility index (Phi) is 5.96. The molecular weight excluding hydrogens is 286 g/mol. The van der Waals surface area contributed by atoms with E-state index in [1.165, 1.54) is 10.5 Å². The van der Waals surface area contributed by atoms with Crippen molar-refractivity contribution in [2.24, 2.45) is 0 Å². The van der Waals surface area contributed by atoms with E-state index in [1.807, 2.05) is 23.9 Å². The Bertz CT molecular complexity index is 503. The molecule has 1 N–H and O–H groups in total. The Morgan fingerprint density at radius 1 is 1.00 bits per heavy atom. The van der Waals surface area contributed by atoms with E-state index in [-0.39, 0.29) is 5.54 Å². The van der Waals surface area contributed by atoms with Gasteiger partial charge in [-0.05, 0) is 24.6 Å². The quantitative estimate of drug-likeness (QED) is 0.458. The molecule has 3 heteroatoms. The Labute approximate surface area is 130 Å². The van der Waals surface area contributed by atoms with Crippen LogP contribution in [0.25, 0.3) is 0 Å². The van der Waals surface area contributed by atoms with Crippen LogP contribution in [0, 0.1) is 0 Å². The van der Waals surface area contributed by atoms with Gasteiger partial charge in [0, 0.05) is 23.1 Å². The molecule has 20 heavy (non-hydrogen) atoms. The lowest BCUT2D eigenvalue weighted by molar-refractivity contribution is 0.423. The Hall–Kier alpha value is -0.960. The number of thioether (sulfide) groups is 1. The zero-order valence-electron chi connectivity index (χ0n) is 11.7. The molecule has 0 bridgehead atoms. The van der Waals surface area contributed by atoms with E-state index in [0.717, 1.165) is 12.3 Å². The van der Waals surface area contributed by atoms with Crippen molar-refractivity contribution < 1.29 is 0 Å². The van der Waals surface area contributed by atoms with E-state index in [2.05, 4.69) is 60.8 Å². The van der Waals surface area contributed by atoms with Crippen LogP contribution in [0.4, 0.5) is 0 Å². The van der Waals surface area contributed by atoms with Crippen molar-refractivity contribution in [3.8, 4) is 0 Å². The van der Waals surface area contributed by atoms with Gasteiger partial charge in [0.05, 0.1) is 5.54 Å². The summed E-state index contributed by atoms with van der Waals surface area (Å²) in [5, 5.41) is 3.58. The van der Waals surface area contributed by atoms with Gasteiger partial charge < -0.3 is 5.32 Å². The summed E-state index contributed by atoms with van der Waals surface area (Å²) >= 11 is 8.03. The lowest BCUT2D eigenvalue weighted by atomic mass is 9.94. The van der Waals surface area contributed by atoms with Crippen LogP contribution in [-0.4, -0.2) is 18.2 Å². The molecule has 0 radical (unpaired) electrons. The minimum atomic E-state index is -0.167. The number of hydrogen-bond donors (Lipinski definition) is 1. The maximum Gasteiger partial charge on any atom is 0.0543 e. The van der Waals surface area contributed by atoms with Gasteiger partial charge in [-0.3, -0.25) is 0 Å². The number of alkyl halides is 1. The number of halogens is 1. The molecule has 2 rings (SSSR count). The second-order valence-corrected chi connectivity index (χ2v) is 6.36. The second-order valence-electron chi connectivity index (χ2n) is 4.92. The monoisotopic (exact) mass is 305 g/mol. The first-order chi connectivity index (χ1) is 9.74. The molecule has 0 aliphatic carbocycles. The third-order valence-corrected chi connectivity index (χ3v) is 4.86. The predicted octanol–water partition coefficient (Wildman–Crippen LogP) is 4.52. The maximum absolute atomic E-state index is 6.17. The minimum Gasteiger partial charge on any atom is -0.306 e. The van der Waals surface area contributed by atoms with Gasteiger partial charge in [0.15, 0.2) is 0 Å². The molecule has 0 aliphatic heterocycles. The highest BCUT2D eigenvalue weighted by atomic mass is 35.5. The molecule has 0 saturated carbocycles. The minimum absolute atomic E-state index is 0.167. The van der Waals surface area contributed by atoms with Gasteiger partial charge in [-0.1, -0.05) is 48.5 Å². The number of hydrogen-bond acceptors (Lipinski definition) is 2. The highest BCUT2D eigenvalue weighted by molar-refractivity contribution is 7.99. The molecule has 0 aromatic heterocycles. The molecule has 106 valence electrons. The number of benzene rings is 2. The van der Waals surface area contributed by atoms with Crippen LogP contribution in [0.1, 0.15) is 12.5 Å². The summed E-state index contributed by atoms with van der Waals surface area (Å²) < 4.78 is 0. The summed E-state index contributed by atoms with van der Waals surface area (Å²) in [4.78, 5) is 1.31. The molecule has 1 nitrogen and oxygen atoms in total. The van der Waals surface area contributed by atoms with Crippen LogP contribution in [0.15, 0.2) is 65.6 Å². The fraction of sp³-hybridized carbons (Fsp3) is 0.294. The molecule has 0 spiro atoms. The molecular formula is C17H20ClNS. The average Bonchev–Trinajstić information content (AvgIpc) is 2.53. The van der Waals surface area contributed by atoms with Gasteiger partial charge in [-0.25, -0.2) is 0 Å². The average molecular weight is 306 g/mol. The normalized spacial score (nSPS) is 13.9. The van der Waals surface area contributed by atoms with E-state index >= 15 is 0 Å². The fourth-order valence-electron chi connectivity index (χ4n) is 2.04. The standard InChI is InChI=1S/C17H20ClNS/c1-17(14-18,15-8-4-2-5-9-15)19-12-13-20-16-10-6-3-7-11-16/h2-11,19H,12-14H2,1H3. The van der Waals surface area contributed by atoms with Gasteiger partial charge in [-0.15, -0.1) is 23.4 Å². The van der Waals surface area contributed by atoms with Gasteiger partial charge in [0.2, 0.25) is 0 Å².